The van der Waals surface area contributed by atoms with Gasteiger partial charge in [-0.2, -0.15) is 0 Å². The molecule has 2 aliphatic carbocycles. The number of amides is 1. The largest absolute Gasteiger partial charge is 0.505 e. The van der Waals surface area contributed by atoms with Crippen LogP contribution in [-0.4, -0.2) is 77.8 Å². The van der Waals surface area contributed by atoms with E-state index in [9.17, 15) is 22.8 Å². The second-order valence-electron chi connectivity index (χ2n) is 11.6. The van der Waals surface area contributed by atoms with Crippen LogP contribution in [0.5, 0.6) is 0 Å². The molecule has 2 bridgehead atoms. The molecule has 10 nitrogen and oxygen atoms in total. The summed E-state index contributed by atoms with van der Waals surface area (Å²) in [7, 11) is -2.75. The summed E-state index contributed by atoms with van der Waals surface area (Å²) in [5.41, 5.74) is -2.07. The van der Waals surface area contributed by atoms with Crippen molar-refractivity contribution in [1.29, 1.82) is 0 Å². The quantitative estimate of drug-likeness (QED) is 0.260. The molecule has 4 aliphatic rings. The fourth-order valence-corrected chi connectivity index (χ4v) is 9.96. The Morgan fingerprint density at radius 3 is 2.26 bits per heavy atom. The number of piperidine rings is 2. The molecule has 4 fully saturated rings. The number of carbonyl (C=O) groups excluding carboxylic acids is 3. The number of carbonyl (C=O) groups is 3. The van der Waals surface area contributed by atoms with E-state index >= 15 is 0 Å². The van der Waals surface area contributed by atoms with Gasteiger partial charge in [-0.25, -0.2) is 12.7 Å². The molecule has 0 unspecified atom stereocenters. The SMILES string of the molecule is CO/C=C/[C@@]1(O[Si](C)(C)C)C[C@H]2N(S(=O)(=O)c3ccc(C)cc3)C(=O)[C@@H]1[C@@H]1CC(=O)C[C@@H](OC)[C@@]12C(=O)OC. The Hall–Kier alpha value is -2.54. The fraction of sp³-hybridized carbons (Fsp3) is 0.593. The lowest BCUT2D eigenvalue weighted by molar-refractivity contribution is -0.228. The highest BCUT2D eigenvalue weighted by molar-refractivity contribution is 7.89. The van der Waals surface area contributed by atoms with Crippen molar-refractivity contribution in [3.63, 3.8) is 0 Å². The number of sulfonamides is 1. The second kappa shape index (κ2) is 10.1. The van der Waals surface area contributed by atoms with Crippen molar-refractivity contribution in [2.24, 2.45) is 17.3 Å². The Morgan fingerprint density at radius 1 is 1.08 bits per heavy atom. The highest BCUT2D eigenvalue weighted by Gasteiger charge is 2.77. The Morgan fingerprint density at radius 2 is 1.72 bits per heavy atom. The Bertz CT molecular complexity index is 1290. The summed E-state index contributed by atoms with van der Waals surface area (Å²) in [5.74, 6) is -3.72. The van der Waals surface area contributed by atoms with Gasteiger partial charge in [0.1, 0.15) is 11.2 Å². The number of methoxy groups -OCH3 is 3. The van der Waals surface area contributed by atoms with Gasteiger partial charge in [-0.3, -0.25) is 14.4 Å². The average molecular weight is 580 g/mol. The number of benzene rings is 1. The zero-order valence-corrected chi connectivity index (χ0v) is 25.2. The van der Waals surface area contributed by atoms with Crippen LogP contribution >= 0.6 is 0 Å². The maximum atomic E-state index is 14.5. The van der Waals surface area contributed by atoms with E-state index in [0.717, 1.165) is 9.87 Å². The van der Waals surface area contributed by atoms with Gasteiger partial charge in [0.05, 0.1) is 49.0 Å². The van der Waals surface area contributed by atoms with Crippen LogP contribution in [0.2, 0.25) is 19.6 Å². The van der Waals surface area contributed by atoms with Crippen molar-refractivity contribution in [3.8, 4) is 0 Å². The van der Waals surface area contributed by atoms with E-state index in [1.165, 1.54) is 39.7 Å². The lowest BCUT2D eigenvalue weighted by Crippen LogP contribution is -2.80. The van der Waals surface area contributed by atoms with Crippen molar-refractivity contribution in [1.82, 2.24) is 4.31 Å². The van der Waals surface area contributed by atoms with Gasteiger partial charge < -0.3 is 18.6 Å². The number of aryl methyl sites for hydroxylation is 1. The maximum Gasteiger partial charge on any atom is 0.316 e. The van der Waals surface area contributed by atoms with Crippen LogP contribution in [0.4, 0.5) is 0 Å². The van der Waals surface area contributed by atoms with Gasteiger partial charge in [-0.05, 0) is 44.8 Å². The normalized spacial score (nSPS) is 32.8. The topological polar surface area (TPSA) is 126 Å². The minimum atomic E-state index is -4.41. The van der Waals surface area contributed by atoms with Gasteiger partial charge >= 0.3 is 5.97 Å². The molecule has 2 heterocycles. The Kier molecular flexibility index (Phi) is 7.65. The lowest BCUT2D eigenvalue weighted by atomic mass is 9.46. The third-order valence-corrected chi connectivity index (χ3v) is 11.0. The molecule has 0 spiro atoms. The van der Waals surface area contributed by atoms with Gasteiger partial charge in [0.25, 0.3) is 10.0 Å². The lowest BCUT2D eigenvalue weighted by Gasteiger charge is -2.66. The summed E-state index contributed by atoms with van der Waals surface area (Å²) in [6.45, 7) is 7.70. The molecule has 2 saturated heterocycles. The first kappa shape index (κ1) is 29.4. The highest BCUT2D eigenvalue weighted by atomic mass is 32.2. The van der Waals surface area contributed by atoms with E-state index in [-0.39, 0.29) is 29.9 Å². The molecule has 1 aromatic rings. The van der Waals surface area contributed by atoms with E-state index < -0.39 is 65.2 Å². The number of ketones is 1. The summed E-state index contributed by atoms with van der Waals surface area (Å²) in [6, 6.07) is 4.94. The van der Waals surface area contributed by atoms with Gasteiger partial charge in [-0.15, -0.1) is 0 Å². The van der Waals surface area contributed by atoms with E-state index in [2.05, 4.69) is 0 Å². The highest BCUT2D eigenvalue weighted by Crippen LogP contribution is 2.64. The molecule has 5 rings (SSSR count). The molecule has 1 aromatic carbocycles. The smallest absolute Gasteiger partial charge is 0.316 e. The third kappa shape index (κ3) is 4.54. The zero-order chi connectivity index (χ0) is 29.0. The maximum absolute atomic E-state index is 14.5. The van der Waals surface area contributed by atoms with E-state index in [1.807, 2.05) is 26.6 Å². The van der Waals surface area contributed by atoms with Crippen LogP contribution < -0.4 is 0 Å². The van der Waals surface area contributed by atoms with Crippen LogP contribution in [0.3, 0.4) is 0 Å². The van der Waals surface area contributed by atoms with Crippen molar-refractivity contribution in [2.75, 3.05) is 21.3 Å². The molecule has 39 heavy (non-hydrogen) atoms. The first-order chi connectivity index (χ1) is 18.2. The van der Waals surface area contributed by atoms with Gasteiger partial charge in [0.15, 0.2) is 8.32 Å². The standard InChI is InChI=1S/C27H37NO9SSi/c1-17-8-10-19(11-9-17)38(32,33)28-21-16-26(12-13-34-2,37-39(5,6)7)23(24(28)30)20-14-18(29)15-22(35-3)27(20,21)25(31)36-4/h8-13,20-23H,14-16H2,1-7H3/b13-12+/t20-,21+,22+,23-,26+,27+/m0/s1. The number of hydrogen-bond acceptors (Lipinski definition) is 9. The molecule has 6 atom stereocenters. The van der Waals surface area contributed by atoms with Gasteiger partial charge in [-0.1, -0.05) is 17.7 Å². The van der Waals surface area contributed by atoms with E-state index in [1.54, 1.807) is 18.2 Å². The van der Waals surface area contributed by atoms with Crippen molar-refractivity contribution >= 4 is 36.0 Å². The minimum absolute atomic E-state index is 0.0295. The van der Waals surface area contributed by atoms with Gasteiger partial charge in [0.2, 0.25) is 5.91 Å². The molecule has 2 aliphatic heterocycles. The average Bonchev–Trinajstić information content (AvgIpc) is 2.85. The van der Waals surface area contributed by atoms with E-state index in [0.29, 0.717) is 0 Å². The summed E-state index contributed by atoms with van der Waals surface area (Å²) in [5, 5.41) is 0. The fourth-order valence-electron chi connectivity index (χ4n) is 6.90. The minimum Gasteiger partial charge on any atom is -0.505 e. The number of ether oxygens (including phenoxy) is 3. The van der Waals surface area contributed by atoms with Crippen LogP contribution in [0.1, 0.15) is 24.8 Å². The summed E-state index contributed by atoms with van der Waals surface area (Å²) in [6.07, 6.45) is 1.80. The first-order valence-corrected chi connectivity index (χ1v) is 17.7. The Balaban J connectivity index is 2.04. The van der Waals surface area contributed by atoms with Crippen molar-refractivity contribution < 1.29 is 41.4 Å². The molecule has 0 radical (unpaired) electrons. The number of Topliss-reactive ketones (excluding diaryl/α,β-unsaturated/α-hetero) is 1. The van der Waals surface area contributed by atoms with Crippen LogP contribution in [0, 0.1) is 24.2 Å². The monoisotopic (exact) mass is 579 g/mol. The third-order valence-electron chi connectivity index (χ3n) is 8.15. The number of rotatable bonds is 8. The molecular formula is C27H37NO9SSi. The van der Waals surface area contributed by atoms with Crippen molar-refractivity contribution in [3.05, 3.63) is 42.2 Å². The van der Waals surface area contributed by atoms with Crippen LogP contribution in [-0.2, 0) is 43.0 Å². The van der Waals surface area contributed by atoms with E-state index in [4.69, 9.17) is 18.6 Å². The Labute approximate surface area is 230 Å². The molecule has 1 amide bonds. The summed E-state index contributed by atoms with van der Waals surface area (Å²) in [4.78, 5) is 41.2. The van der Waals surface area contributed by atoms with Crippen molar-refractivity contribution in [2.45, 2.75) is 68.5 Å². The molecule has 12 heteroatoms. The molecule has 2 saturated carbocycles. The van der Waals surface area contributed by atoms with Gasteiger partial charge in [0, 0.05) is 32.3 Å². The van der Waals surface area contributed by atoms with Crippen LogP contribution in [0.25, 0.3) is 0 Å². The second-order valence-corrected chi connectivity index (χ2v) is 17.8. The zero-order valence-electron chi connectivity index (χ0n) is 23.4. The number of esters is 1. The predicted molar refractivity (Wildman–Crippen MR) is 143 cm³/mol. The predicted octanol–water partition coefficient (Wildman–Crippen LogP) is 2.82. The number of hydrogen-bond donors (Lipinski definition) is 0. The molecule has 214 valence electrons. The number of fused-ring (bicyclic) bond motifs is 2. The molecule has 0 N–H and O–H groups in total. The summed E-state index contributed by atoms with van der Waals surface area (Å²) < 4.78 is 52.1. The van der Waals surface area contributed by atoms with Crippen LogP contribution in [0.15, 0.2) is 41.5 Å². The molecule has 0 aromatic heterocycles. The molecular weight excluding hydrogens is 542 g/mol. The first-order valence-electron chi connectivity index (χ1n) is 12.9. The summed E-state index contributed by atoms with van der Waals surface area (Å²) >= 11 is 0. The number of nitrogens with zero attached hydrogens (tertiary/aromatic N) is 1.